The summed E-state index contributed by atoms with van der Waals surface area (Å²) in [5.74, 6) is -1.48. The minimum absolute atomic E-state index is 0.257. The number of aromatic amines is 1. The Morgan fingerprint density at radius 3 is 2.76 bits per heavy atom. The van der Waals surface area contributed by atoms with E-state index in [1.54, 1.807) is 38.4 Å². The highest BCUT2D eigenvalue weighted by Crippen LogP contribution is 2.38. The number of amides is 1. The number of aryl methyl sites for hydroxylation is 1. The van der Waals surface area contributed by atoms with E-state index >= 15 is 0 Å². The van der Waals surface area contributed by atoms with Crippen molar-refractivity contribution in [3.8, 4) is 0 Å². The zero-order chi connectivity index (χ0) is 23.4. The number of ether oxygens (including phenoxy) is 2. The molecule has 3 aromatic rings. The number of esters is 2. The molecule has 1 amide bonds. The Bertz CT molecular complexity index is 1180. The van der Waals surface area contributed by atoms with Crippen LogP contribution in [0.2, 0.25) is 0 Å². The number of nitrogens with one attached hydrogen (secondary N) is 2. The smallest absolute Gasteiger partial charge is 0.341 e. The van der Waals surface area contributed by atoms with E-state index in [1.807, 2.05) is 0 Å². The first-order valence-electron chi connectivity index (χ1n) is 11.3. The Balaban J connectivity index is 1.53. The topological polar surface area (TPSA) is 110 Å². The number of carbonyl (C=O) groups excluding carboxylic acids is 3. The first-order chi connectivity index (χ1) is 16.0. The number of thiophene rings is 1. The van der Waals surface area contributed by atoms with Gasteiger partial charge in [-0.3, -0.25) is 4.79 Å². The van der Waals surface area contributed by atoms with Gasteiger partial charge in [0.15, 0.2) is 6.10 Å². The third kappa shape index (κ3) is 4.93. The van der Waals surface area contributed by atoms with Crippen LogP contribution in [-0.4, -0.2) is 40.5 Å². The van der Waals surface area contributed by atoms with E-state index in [0.717, 1.165) is 48.1 Å². The molecule has 2 aromatic heterocycles. The van der Waals surface area contributed by atoms with Crippen molar-refractivity contribution in [1.82, 2.24) is 9.97 Å². The van der Waals surface area contributed by atoms with Crippen LogP contribution in [0.5, 0.6) is 0 Å². The summed E-state index contributed by atoms with van der Waals surface area (Å²) in [5, 5.41) is 3.32. The van der Waals surface area contributed by atoms with Gasteiger partial charge in [-0.2, -0.15) is 0 Å². The lowest BCUT2D eigenvalue weighted by atomic mass is 10.1. The normalized spacial score (nSPS) is 14.2. The molecule has 1 unspecified atom stereocenters. The van der Waals surface area contributed by atoms with Crippen LogP contribution in [0.4, 0.5) is 5.00 Å². The Hall–Kier alpha value is -3.20. The van der Waals surface area contributed by atoms with Gasteiger partial charge < -0.3 is 19.8 Å². The van der Waals surface area contributed by atoms with E-state index in [9.17, 15) is 14.4 Å². The number of aromatic nitrogens is 2. The molecule has 2 heterocycles. The Morgan fingerprint density at radius 1 is 1.15 bits per heavy atom. The molecule has 174 valence electrons. The van der Waals surface area contributed by atoms with E-state index in [4.69, 9.17) is 9.47 Å². The Morgan fingerprint density at radius 2 is 1.97 bits per heavy atom. The van der Waals surface area contributed by atoms with E-state index < -0.39 is 23.9 Å². The summed E-state index contributed by atoms with van der Waals surface area (Å²) in [7, 11) is 0. The first-order valence-corrected chi connectivity index (χ1v) is 12.1. The number of H-pyrrole nitrogens is 1. The van der Waals surface area contributed by atoms with Crippen LogP contribution in [0, 0.1) is 0 Å². The van der Waals surface area contributed by atoms with Crippen LogP contribution in [0.25, 0.3) is 11.0 Å². The number of fused-ring (bicyclic) bond motifs is 2. The minimum Gasteiger partial charge on any atom is -0.462 e. The summed E-state index contributed by atoms with van der Waals surface area (Å²) in [4.78, 5) is 46.6. The molecule has 0 fully saturated rings. The molecule has 0 aliphatic heterocycles. The van der Waals surface area contributed by atoms with E-state index in [-0.39, 0.29) is 6.61 Å². The lowest BCUT2D eigenvalue weighted by Crippen LogP contribution is -2.32. The van der Waals surface area contributed by atoms with E-state index in [0.29, 0.717) is 28.1 Å². The summed E-state index contributed by atoms with van der Waals surface area (Å²) in [5.41, 5.74) is 3.19. The van der Waals surface area contributed by atoms with Crippen LogP contribution >= 0.6 is 11.3 Å². The van der Waals surface area contributed by atoms with Crippen molar-refractivity contribution in [2.75, 3.05) is 11.9 Å². The molecular weight excluding hydrogens is 442 g/mol. The number of hydrogen-bond acceptors (Lipinski definition) is 7. The molecule has 0 saturated carbocycles. The monoisotopic (exact) mass is 469 g/mol. The summed E-state index contributed by atoms with van der Waals surface area (Å²) >= 11 is 1.42. The molecule has 1 aliphatic carbocycles. The predicted octanol–water partition coefficient (Wildman–Crippen LogP) is 4.64. The number of carbonyl (C=O) groups is 3. The van der Waals surface area contributed by atoms with Crippen molar-refractivity contribution < 1.29 is 23.9 Å². The fourth-order valence-electron chi connectivity index (χ4n) is 4.02. The first kappa shape index (κ1) is 23.0. The van der Waals surface area contributed by atoms with Crippen molar-refractivity contribution in [2.24, 2.45) is 0 Å². The summed E-state index contributed by atoms with van der Waals surface area (Å²) in [6, 6.07) is 4.98. The minimum atomic E-state index is -0.994. The van der Waals surface area contributed by atoms with Crippen molar-refractivity contribution in [1.29, 1.82) is 0 Å². The van der Waals surface area contributed by atoms with E-state index in [1.165, 1.54) is 11.3 Å². The SMILES string of the molecule is CCOC(=O)c1c(NC(=O)C(CC)OC(=O)c2ccc3nc[nH]c3c2)sc2c1CCCCC2. The molecule has 1 aromatic carbocycles. The average molecular weight is 470 g/mol. The molecule has 0 spiro atoms. The van der Waals surface area contributed by atoms with Gasteiger partial charge in [-0.1, -0.05) is 13.3 Å². The maximum absolute atomic E-state index is 13.0. The van der Waals surface area contributed by atoms with Gasteiger partial charge in [0.05, 0.1) is 35.1 Å². The van der Waals surface area contributed by atoms with Gasteiger partial charge in [0.2, 0.25) is 0 Å². The summed E-state index contributed by atoms with van der Waals surface area (Å²) in [6.45, 7) is 3.78. The molecule has 0 radical (unpaired) electrons. The van der Waals surface area contributed by atoms with Gasteiger partial charge in [0.25, 0.3) is 5.91 Å². The molecule has 1 aliphatic rings. The summed E-state index contributed by atoms with van der Waals surface area (Å²) in [6.07, 6.45) is 5.69. The number of benzene rings is 1. The zero-order valence-corrected chi connectivity index (χ0v) is 19.5. The number of imidazole rings is 1. The maximum Gasteiger partial charge on any atom is 0.341 e. The van der Waals surface area contributed by atoms with Crippen molar-refractivity contribution in [3.05, 3.63) is 46.1 Å². The average Bonchev–Trinajstić information content (AvgIpc) is 3.34. The van der Waals surface area contributed by atoms with E-state index in [2.05, 4.69) is 15.3 Å². The molecule has 8 nitrogen and oxygen atoms in total. The molecule has 1 atom stereocenters. The van der Waals surface area contributed by atoms with Crippen LogP contribution in [-0.2, 0) is 27.1 Å². The summed E-state index contributed by atoms with van der Waals surface area (Å²) < 4.78 is 10.8. The largest absolute Gasteiger partial charge is 0.462 e. The molecule has 4 rings (SSSR count). The molecular formula is C24H27N3O5S. The second-order valence-electron chi connectivity index (χ2n) is 7.91. The van der Waals surface area contributed by atoms with Crippen LogP contribution in [0.1, 0.15) is 70.7 Å². The number of nitrogens with zero attached hydrogens (tertiary/aromatic N) is 1. The molecule has 0 saturated heterocycles. The second kappa shape index (κ2) is 10.2. The van der Waals surface area contributed by atoms with Crippen LogP contribution < -0.4 is 5.32 Å². The van der Waals surface area contributed by atoms with Crippen LogP contribution in [0.3, 0.4) is 0 Å². The van der Waals surface area contributed by atoms with Crippen molar-refractivity contribution >= 4 is 45.2 Å². The lowest BCUT2D eigenvalue weighted by Gasteiger charge is -2.16. The Kier molecular flexibility index (Phi) is 7.08. The molecule has 33 heavy (non-hydrogen) atoms. The fourth-order valence-corrected chi connectivity index (χ4v) is 5.30. The standard InChI is InChI=1S/C24H27N3O5S/c1-3-18(32-23(29)14-10-11-16-17(12-14)26-13-25-16)21(28)27-22-20(24(30)31-4-2)15-8-6-5-7-9-19(15)33-22/h10-13,18H,3-9H2,1-2H3,(H,25,26)(H,27,28). The number of hydrogen-bond donors (Lipinski definition) is 2. The number of anilines is 1. The second-order valence-corrected chi connectivity index (χ2v) is 9.02. The van der Waals surface area contributed by atoms with Gasteiger partial charge in [0, 0.05) is 4.88 Å². The molecule has 9 heteroatoms. The zero-order valence-electron chi connectivity index (χ0n) is 18.7. The third-order valence-electron chi connectivity index (χ3n) is 5.71. The third-order valence-corrected chi connectivity index (χ3v) is 6.91. The van der Waals surface area contributed by atoms with Gasteiger partial charge in [-0.25, -0.2) is 14.6 Å². The maximum atomic E-state index is 13.0. The molecule has 2 N–H and O–H groups in total. The lowest BCUT2D eigenvalue weighted by molar-refractivity contribution is -0.124. The van der Waals surface area contributed by atoms with Gasteiger partial charge in [-0.15, -0.1) is 11.3 Å². The van der Waals surface area contributed by atoms with Gasteiger partial charge >= 0.3 is 11.9 Å². The quantitative estimate of drug-likeness (QED) is 0.385. The highest BCUT2D eigenvalue weighted by atomic mass is 32.1. The fraction of sp³-hybridized carbons (Fsp3) is 0.417. The number of rotatable bonds is 7. The van der Waals surface area contributed by atoms with Crippen molar-refractivity contribution in [2.45, 2.75) is 58.5 Å². The van der Waals surface area contributed by atoms with Gasteiger partial charge in [0.1, 0.15) is 5.00 Å². The molecule has 0 bridgehead atoms. The van der Waals surface area contributed by atoms with Crippen molar-refractivity contribution in [3.63, 3.8) is 0 Å². The van der Waals surface area contributed by atoms with Gasteiger partial charge in [-0.05, 0) is 62.8 Å². The Labute approximate surface area is 195 Å². The highest BCUT2D eigenvalue weighted by Gasteiger charge is 2.29. The highest BCUT2D eigenvalue weighted by molar-refractivity contribution is 7.17. The van der Waals surface area contributed by atoms with Crippen LogP contribution in [0.15, 0.2) is 24.5 Å². The predicted molar refractivity (Wildman–Crippen MR) is 126 cm³/mol.